The van der Waals surface area contributed by atoms with Crippen molar-refractivity contribution in [2.45, 2.75) is 13.8 Å². The van der Waals surface area contributed by atoms with Crippen LogP contribution in [0.15, 0.2) is 34.7 Å². The summed E-state index contributed by atoms with van der Waals surface area (Å²) in [5, 5.41) is 3.41. The second-order valence-electron chi connectivity index (χ2n) is 5.17. The number of anilines is 1. The largest absolute Gasteiger partial charge is 0.495 e. The van der Waals surface area contributed by atoms with E-state index in [1.807, 2.05) is 6.92 Å². The van der Waals surface area contributed by atoms with Crippen LogP contribution in [0.5, 0.6) is 5.75 Å². The predicted octanol–water partition coefficient (Wildman–Crippen LogP) is 4.36. The van der Waals surface area contributed by atoms with E-state index in [-0.39, 0.29) is 5.91 Å². The first-order valence-corrected chi connectivity index (χ1v) is 7.38. The molecule has 0 bridgehead atoms. The Labute approximate surface area is 138 Å². The molecule has 0 fully saturated rings. The molecule has 0 saturated carbocycles. The minimum absolute atomic E-state index is 0.263. The average molecular weight is 331 g/mol. The summed E-state index contributed by atoms with van der Waals surface area (Å²) < 4.78 is 10.7. The zero-order valence-electron chi connectivity index (χ0n) is 12.9. The van der Waals surface area contributed by atoms with E-state index in [0.29, 0.717) is 33.5 Å². The lowest BCUT2D eigenvalue weighted by atomic mass is 10.1. The Morgan fingerprint density at radius 2 is 2.04 bits per heavy atom. The van der Waals surface area contributed by atoms with Crippen LogP contribution in [-0.4, -0.2) is 18.0 Å². The second kappa shape index (κ2) is 5.93. The van der Waals surface area contributed by atoms with Crippen LogP contribution in [-0.2, 0) is 0 Å². The molecule has 5 nitrogen and oxygen atoms in total. The lowest BCUT2D eigenvalue weighted by Crippen LogP contribution is -2.12. The van der Waals surface area contributed by atoms with E-state index in [4.69, 9.17) is 20.8 Å². The molecule has 0 spiro atoms. The molecule has 0 aliphatic heterocycles. The number of hydrogen-bond acceptors (Lipinski definition) is 4. The van der Waals surface area contributed by atoms with Gasteiger partial charge in [-0.05, 0) is 36.8 Å². The fourth-order valence-electron chi connectivity index (χ4n) is 2.31. The number of nitrogens with zero attached hydrogens (tertiary/aromatic N) is 1. The highest BCUT2D eigenvalue weighted by atomic mass is 35.5. The number of nitrogens with one attached hydrogen (secondary N) is 1. The van der Waals surface area contributed by atoms with Crippen LogP contribution in [0.2, 0.25) is 5.02 Å². The monoisotopic (exact) mass is 330 g/mol. The van der Waals surface area contributed by atoms with Crippen LogP contribution < -0.4 is 10.1 Å². The maximum atomic E-state index is 12.5. The molecular formula is C17H15ClN2O3. The predicted molar refractivity (Wildman–Crippen MR) is 89.4 cm³/mol. The SMILES string of the molecule is COc1cc(Cl)c(C)cc1NC(=O)c1ccc2nc(C)oc2c1. The molecule has 0 unspecified atom stereocenters. The molecule has 0 saturated heterocycles. The van der Waals surface area contributed by atoms with Crippen molar-refractivity contribution < 1.29 is 13.9 Å². The number of benzene rings is 2. The van der Waals surface area contributed by atoms with E-state index in [1.54, 1.807) is 37.3 Å². The molecule has 1 N–H and O–H groups in total. The molecular weight excluding hydrogens is 316 g/mol. The fraction of sp³-hybridized carbons (Fsp3) is 0.176. The van der Waals surface area contributed by atoms with Gasteiger partial charge in [0.25, 0.3) is 5.91 Å². The molecule has 0 aliphatic rings. The van der Waals surface area contributed by atoms with Crippen molar-refractivity contribution in [3.8, 4) is 5.75 Å². The number of rotatable bonds is 3. The summed E-state index contributed by atoms with van der Waals surface area (Å²) in [6.45, 7) is 3.63. The Morgan fingerprint density at radius 1 is 1.26 bits per heavy atom. The molecule has 118 valence electrons. The van der Waals surface area contributed by atoms with Crippen molar-refractivity contribution in [3.05, 3.63) is 52.4 Å². The summed E-state index contributed by atoms with van der Waals surface area (Å²) in [5.41, 5.74) is 3.19. The molecule has 1 amide bonds. The number of aryl methyl sites for hydroxylation is 2. The number of carbonyl (C=O) groups excluding carboxylic acids is 1. The Morgan fingerprint density at radius 3 is 2.78 bits per heavy atom. The summed E-state index contributed by atoms with van der Waals surface area (Å²) in [5.74, 6) is 0.805. The zero-order valence-corrected chi connectivity index (χ0v) is 13.7. The van der Waals surface area contributed by atoms with Gasteiger partial charge in [-0.3, -0.25) is 4.79 Å². The number of aromatic nitrogens is 1. The van der Waals surface area contributed by atoms with Gasteiger partial charge in [-0.25, -0.2) is 4.98 Å². The summed E-state index contributed by atoms with van der Waals surface area (Å²) in [7, 11) is 1.53. The first-order valence-electron chi connectivity index (χ1n) is 7.00. The van der Waals surface area contributed by atoms with E-state index in [0.717, 1.165) is 11.1 Å². The van der Waals surface area contributed by atoms with Gasteiger partial charge < -0.3 is 14.5 Å². The van der Waals surface area contributed by atoms with Gasteiger partial charge in [0, 0.05) is 23.6 Å². The van der Waals surface area contributed by atoms with Crippen LogP contribution >= 0.6 is 11.6 Å². The van der Waals surface area contributed by atoms with Crippen molar-refractivity contribution in [3.63, 3.8) is 0 Å². The molecule has 3 rings (SSSR count). The van der Waals surface area contributed by atoms with Crippen LogP contribution in [0.1, 0.15) is 21.8 Å². The maximum Gasteiger partial charge on any atom is 0.255 e. The molecule has 2 aromatic carbocycles. The number of halogens is 1. The summed E-state index contributed by atoms with van der Waals surface area (Å²) in [6.07, 6.45) is 0. The van der Waals surface area contributed by atoms with E-state index < -0.39 is 0 Å². The topological polar surface area (TPSA) is 64.4 Å². The number of methoxy groups -OCH3 is 1. The average Bonchev–Trinajstić information content (AvgIpc) is 2.89. The third-order valence-electron chi connectivity index (χ3n) is 3.49. The third kappa shape index (κ3) is 3.00. The van der Waals surface area contributed by atoms with Crippen molar-refractivity contribution >= 4 is 34.3 Å². The molecule has 0 aliphatic carbocycles. The minimum Gasteiger partial charge on any atom is -0.495 e. The van der Waals surface area contributed by atoms with Gasteiger partial charge in [0.15, 0.2) is 11.5 Å². The molecule has 3 aromatic rings. The minimum atomic E-state index is -0.263. The van der Waals surface area contributed by atoms with Crippen molar-refractivity contribution in [2.24, 2.45) is 0 Å². The van der Waals surface area contributed by atoms with Gasteiger partial charge in [-0.15, -0.1) is 0 Å². The van der Waals surface area contributed by atoms with Gasteiger partial charge >= 0.3 is 0 Å². The van der Waals surface area contributed by atoms with Crippen molar-refractivity contribution in [1.82, 2.24) is 4.98 Å². The van der Waals surface area contributed by atoms with Gasteiger partial charge in [-0.1, -0.05) is 11.6 Å². The normalized spacial score (nSPS) is 10.8. The first kappa shape index (κ1) is 15.4. The molecule has 0 atom stereocenters. The molecule has 0 radical (unpaired) electrons. The van der Waals surface area contributed by atoms with E-state index >= 15 is 0 Å². The zero-order chi connectivity index (χ0) is 16.6. The number of hydrogen-bond donors (Lipinski definition) is 1. The number of ether oxygens (including phenoxy) is 1. The number of amides is 1. The molecule has 6 heteroatoms. The Hall–Kier alpha value is -2.53. The number of fused-ring (bicyclic) bond motifs is 1. The highest BCUT2D eigenvalue weighted by molar-refractivity contribution is 6.31. The highest BCUT2D eigenvalue weighted by Gasteiger charge is 2.13. The van der Waals surface area contributed by atoms with E-state index in [9.17, 15) is 4.79 Å². The van der Waals surface area contributed by atoms with Gasteiger partial charge in [0.2, 0.25) is 0 Å². The molecule has 1 heterocycles. The van der Waals surface area contributed by atoms with Crippen LogP contribution in [0.4, 0.5) is 5.69 Å². The number of carbonyl (C=O) groups is 1. The van der Waals surface area contributed by atoms with Crippen LogP contribution in [0.3, 0.4) is 0 Å². The number of oxazole rings is 1. The Bertz CT molecular complexity index is 902. The molecule has 1 aromatic heterocycles. The summed E-state index contributed by atoms with van der Waals surface area (Å²) in [4.78, 5) is 16.7. The van der Waals surface area contributed by atoms with Gasteiger partial charge in [0.1, 0.15) is 11.3 Å². The highest BCUT2D eigenvalue weighted by Crippen LogP contribution is 2.31. The summed E-state index contributed by atoms with van der Waals surface area (Å²) in [6, 6.07) is 8.57. The lowest BCUT2D eigenvalue weighted by molar-refractivity contribution is 0.102. The Kier molecular flexibility index (Phi) is 3.96. The summed E-state index contributed by atoms with van der Waals surface area (Å²) >= 11 is 6.07. The quantitative estimate of drug-likeness (QED) is 0.775. The smallest absolute Gasteiger partial charge is 0.255 e. The second-order valence-corrected chi connectivity index (χ2v) is 5.58. The third-order valence-corrected chi connectivity index (χ3v) is 3.89. The van der Waals surface area contributed by atoms with E-state index in [1.165, 1.54) is 7.11 Å². The van der Waals surface area contributed by atoms with Crippen molar-refractivity contribution in [2.75, 3.05) is 12.4 Å². The van der Waals surface area contributed by atoms with Gasteiger partial charge in [-0.2, -0.15) is 0 Å². The standard InChI is InChI=1S/C17H15ClN2O3/c1-9-6-14(15(22-3)8-12(9)18)20-17(21)11-4-5-13-16(7-11)23-10(2)19-13/h4-8H,1-3H3,(H,20,21). The van der Waals surface area contributed by atoms with Gasteiger partial charge in [0.05, 0.1) is 12.8 Å². The van der Waals surface area contributed by atoms with Crippen LogP contribution in [0.25, 0.3) is 11.1 Å². The first-order chi connectivity index (χ1) is 11.0. The fourth-order valence-corrected chi connectivity index (χ4v) is 2.46. The van der Waals surface area contributed by atoms with Crippen LogP contribution in [0, 0.1) is 13.8 Å². The molecule has 23 heavy (non-hydrogen) atoms. The maximum absolute atomic E-state index is 12.5. The van der Waals surface area contributed by atoms with Crippen molar-refractivity contribution in [1.29, 1.82) is 0 Å². The van der Waals surface area contributed by atoms with E-state index in [2.05, 4.69) is 10.3 Å². The lowest BCUT2D eigenvalue weighted by Gasteiger charge is -2.12. The Balaban J connectivity index is 1.92.